The Bertz CT molecular complexity index is 369. The van der Waals surface area contributed by atoms with Crippen molar-refractivity contribution in [3.05, 3.63) is 11.6 Å². The molecule has 1 aliphatic heterocycles. The maximum absolute atomic E-state index is 11.9. The standard InChI is InChI=1S/C10H17N5O/c1-7-12-9(14-13-7)10(16)15(2)6-8-4-3-5-11-8/h8,11H,3-6H2,1-2H3,(H,12,13,14). The number of aryl methyl sites for hydroxylation is 1. The average molecular weight is 223 g/mol. The molecule has 0 spiro atoms. The molecule has 0 bridgehead atoms. The quantitative estimate of drug-likeness (QED) is 0.752. The number of hydrogen-bond acceptors (Lipinski definition) is 4. The number of rotatable bonds is 3. The van der Waals surface area contributed by atoms with Crippen molar-refractivity contribution in [1.29, 1.82) is 0 Å². The van der Waals surface area contributed by atoms with Crippen LogP contribution in [0.3, 0.4) is 0 Å². The minimum Gasteiger partial charge on any atom is -0.337 e. The fraction of sp³-hybridized carbons (Fsp3) is 0.700. The fourth-order valence-corrected chi connectivity index (χ4v) is 1.94. The van der Waals surface area contributed by atoms with Crippen LogP contribution in [0.4, 0.5) is 0 Å². The molecular weight excluding hydrogens is 206 g/mol. The van der Waals surface area contributed by atoms with Crippen molar-refractivity contribution in [2.45, 2.75) is 25.8 Å². The van der Waals surface area contributed by atoms with Gasteiger partial charge < -0.3 is 10.2 Å². The summed E-state index contributed by atoms with van der Waals surface area (Å²) in [5.74, 6) is 0.784. The van der Waals surface area contributed by atoms with Gasteiger partial charge in [-0.1, -0.05) is 0 Å². The Kier molecular flexibility index (Phi) is 3.19. The lowest BCUT2D eigenvalue weighted by Crippen LogP contribution is -2.39. The number of aromatic amines is 1. The summed E-state index contributed by atoms with van der Waals surface area (Å²) in [4.78, 5) is 17.6. The number of likely N-dealkylation sites (N-methyl/N-ethyl adjacent to an activating group) is 1. The monoisotopic (exact) mass is 223 g/mol. The van der Waals surface area contributed by atoms with Crippen molar-refractivity contribution in [1.82, 2.24) is 25.4 Å². The first kappa shape index (κ1) is 11.1. The lowest BCUT2D eigenvalue weighted by Gasteiger charge is -2.19. The van der Waals surface area contributed by atoms with Crippen LogP contribution in [0.5, 0.6) is 0 Å². The molecule has 0 aliphatic carbocycles. The number of carbonyl (C=O) groups is 1. The van der Waals surface area contributed by atoms with E-state index in [2.05, 4.69) is 20.5 Å². The highest BCUT2D eigenvalue weighted by molar-refractivity contribution is 5.90. The van der Waals surface area contributed by atoms with Gasteiger partial charge in [-0.2, -0.15) is 0 Å². The van der Waals surface area contributed by atoms with Gasteiger partial charge in [-0.05, 0) is 26.3 Å². The molecular formula is C10H17N5O. The SMILES string of the molecule is Cc1nc(C(=O)N(C)CC2CCCN2)n[nH]1. The molecule has 88 valence electrons. The zero-order chi connectivity index (χ0) is 11.5. The molecule has 6 nitrogen and oxygen atoms in total. The predicted octanol–water partition coefficient (Wildman–Crippen LogP) is -0.0629. The molecule has 1 aromatic heterocycles. The second-order valence-corrected chi connectivity index (χ2v) is 4.22. The first-order valence-corrected chi connectivity index (χ1v) is 5.54. The third-order valence-corrected chi connectivity index (χ3v) is 2.79. The maximum atomic E-state index is 11.9. The van der Waals surface area contributed by atoms with Gasteiger partial charge in [0.15, 0.2) is 0 Å². The van der Waals surface area contributed by atoms with E-state index in [1.54, 1.807) is 18.9 Å². The molecule has 0 radical (unpaired) electrons. The second-order valence-electron chi connectivity index (χ2n) is 4.22. The fourth-order valence-electron chi connectivity index (χ4n) is 1.94. The molecule has 16 heavy (non-hydrogen) atoms. The van der Waals surface area contributed by atoms with Crippen LogP contribution >= 0.6 is 0 Å². The Hall–Kier alpha value is -1.43. The van der Waals surface area contributed by atoms with Crippen LogP contribution in [0.1, 0.15) is 29.3 Å². The number of hydrogen-bond donors (Lipinski definition) is 2. The molecule has 2 heterocycles. The van der Waals surface area contributed by atoms with Crippen molar-refractivity contribution < 1.29 is 4.79 Å². The minimum atomic E-state index is -0.127. The van der Waals surface area contributed by atoms with Gasteiger partial charge in [-0.15, -0.1) is 5.10 Å². The smallest absolute Gasteiger partial charge is 0.293 e. The molecule has 0 aromatic carbocycles. The van der Waals surface area contributed by atoms with Crippen LogP contribution in [-0.4, -0.2) is 52.2 Å². The van der Waals surface area contributed by atoms with E-state index < -0.39 is 0 Å². The van der Waals surface area contributed by atoms with Crippen LogP contribution in [0.25, 0.3) is 0 Å². The Labute approximate surface area is 94.4 Å². The number of carbonyl (C=O) groups excluding carboxylic acids is 1. The number of H-pyrrole nitrogens is 1. The molecule has 0 saturated carbocycles. The molecule has 6 heteroatoms. The summed E-state index contributed by atoms with van der Waals surface area (Å²) in [6, 6.07) is 0.411. The summed E-state index contributed by atoms with van der Waals surface area (Å²) in [7, 11) is 1.79. The first-order chi connectivity index (χ1) is 7.66. The van der Waals surface area contributed by atoms with E-state index in [1.807, 2.05) is 0 Å². The zero-order valence-corrected chi connectivity index (χ0v) is 9.66. The van der Waals surface area contributed by atoms with E-state index in [9.17, 15) is 4.79 Å². The van der Waals surface area contributed by atoms with Gasteiger partial charge in [-0.25, -0.2) is 4.98 Å². The van der Waals surface area contributed by atoms with Gasteiger partial charge in [0.05, 0.1) is 0 Å². The molecule has 1 fully saturated rings. The van der Waals surface area contributed by atoms with Gasteiger partial charge in [0.1, 0.15) is 5.82 Å². The van der Waals surface area contributed by atoms with Crippen molar-refractivity contribution in [3.63, 3.8) is 0 Å². The van der Waals surface area contributed by atoms with Crippen LogP contribution < -0.4 is 5.32 Å². The molecule has 1 saturated heterocycles. The van der Waals surface area contributed by atoms with Crippen LogP contribution in [0.2, 0.25) is 0 Å². The number of amides is 1. The maximum Gasteiger partial charge on any atom is 0.293 e. The lowest BCUT2D eigenvalue weighted by atomic mass is 10.2. The van der Waals surface area contributed by atoms with Gasteiger partial charge >= 0.3 is 0 Å². The third-order valence-electron chi connectivity index (χ3n) is 2.79. The molecule has 1 amide bonds. The summed E-state index contributed by atoms with van der Waals surface area (Å²) in [6.45, 7) is 3.54. The van der Waals surface area contributed by atoms with Gasteiger partial charge in [0.2, 0.25) is 5.82 Å². The third kappa shape index (κ3) is 2.38. The van der Waals surface area contributed by atoms with Crippen LogP contribution in [0, 0.1) is 6.92 Å². The summed E-state index contributed by atoms with van der Waals surface area (Å²) in [5, 5.41) is 9.89. The zero-order valence-electron chi connectivity index (χ0n) is 9.66. The van der Waals surface area contributed by atoms with Gasteiger partial charge in [0.25, 0.3) is 5.91 Å². The van der Waals surface area contributed by atoms with Gasteiger partial charge in [-0.3, -0.25) is 9.89 Å². The second kappa shape index (κ2) is 4.61. The summed E-state index contributed by atoms with van der Waals surface area (Å²) < 4.78 is 0. The topological polar surface area (TPSA) is 73.9 Å². The minimum absolute atomic E-state index is 0.127. The lowest BCUT2D eigenvalue weighted by molar-refractivity contribution is 0.0772. The Morgan fingerprint density at radius 3 is 3.00 bits per heavy atom. The van der Waals surface area contributed by atoms with E-state index >= 15 is 0 Å². The van der Waals surface area contributed by atoms with Crippen molar-refractivity contribution in [2.24, 2.45) is 0 Å². The van der Waals surface area contributed by atoms with Crippen molar-refractivity contribution >= 4 is 5.91 Å². The first-order valence-electron chi connectivity index (χ1n) is 5.54. The van der Waals surface area contributed by atoms with E-state index in [1.165, 1.54) is 6.42 Å². The molecule has 1 unspecified atom stereocenters. The number of nitrogens with zero attached hydrogens (tertiary/aromatic N) is 3. The highest BCUT2D eigenvalue weighted by Crippen LogP contribution is 2.07. The Balaban J connectivity index is 1.93. The van der Waals surface area contributed by atoms with Crippen LogP contribution in [0.15, 0.2) is 0 Å². The Morgan fingerprint density at radius 2 is 2.44 bits per heavy atom. The highest BCUT2D eigenvalue weighted by Gasteiger charge is 2.21. The largest absolute Gasteiger partial charge is 0.337 e. The summed E-state index contributed by atoms with van der Waals surface area (Å²) in [6.07, 6.45) is 2.32. The van der Waals surface area contributed by atoms with Crippen LogP contribution in [-0.2, 0) is 0 Å². The molecule has 1 aromatic rings. The summed E-state index contributed by atoms with van der Waals surface area (Å²) >= 11 is 0. The normalized spacial score (nSPS) is 20.0. The molecule has 2 rings (SSSR count). The van der Waals surface area contributed by atoms with Crippen molar-refractivity contribution in [2.75, 3.05) is 20.1 Å². The van der Waals surface area contributed by atoms with E-state index in [-0.39, 0.29) is 11.7 Å². The Morgan fingerprint density at radius 1 is 1.62 bits per heavy atom. The van der Waals surface area contributed by atoms with Crippen molar-refractivity contribution in [3.8, 4) is 0 Å². The van der Waals surface area contributed by atoms with Gasteiger partial charge in [0, 0.05) is 19.6 Å². The highest BCUT2D eigenvalue weighted by atomic mass is 16.2. The number of aromatic nitrogens is 3. The molecule has 1 atom stereocenters. The van der Waals surface area contributed by atoms with E-state index in [0.717, 1.165) is 13.0 Å². The van der Waals surface area contributed by atoms with E-state index in [0.29, 0.717) is 18.4 Å². The summed E-state index contributed by atoms with van der Waals surface area (Å²) in [5.41, 5.74) is 0. The molecule has 1 aliphatic rings. The number of nitrogens with one attached hydrogen (secondary N) is 2. The predicted molar refractivity (Wildman–Crippen MR) is 59.1 cm³/mol. The average Bonchev–Trinajstić information content (AvgIpc) is 2.88. The molecule has 2 N–H and O–H groups in total. The van der Waals surface area contributed by atoms with E-state index in [4.69, 9.17) is 0 Å².